The second kappa shape index (κ2) is 9.23. The Balaban J connectivity index is 1.55. The van der Waals surface area contributed by atoms with Gasteiger partial charge >= 0.3 is 0 Å². The van der Waals surface area contributed by atoms with Crippen LogP contribution in [0.3, 0.4) is 0 Å². The molecule has 29 heavy (non-hydrogen) atoms. The summed E-state index contributed by atoms with van der Waals surface area (Å²) in [5, 5.41) is 0. The molecule has 3 rings (SSSR count). The van der Waals surface area contributed by atoms with Gasteiger partial charge in [0.1, 0.15) is 5.82 Å². The maximum atomic E-state index is 13.0. The van der Waals surface area contributed by atoms with Gasteiger partial charge in [-0.3, -0.25) is 4.79 Å². The number of hydrogen-bond acceptors (Lipinski definition) is 5. The molecule has 7 nitrogen and oxygen atoms in total. The minimum atomic E-state index is -3.71. The predicted molar refractivity (Wildman–Crippen MR) is 105 cm³/mol. The first-order valence-corrected chi connectivity index (χ1v) is 10.7. The van der Waals surface area contributed by atoms with Crippen molar-refractivity contribution in [1.82, 2.24) is 9.21 Å². The molecule has 156 valence electrons. The van der Waals surface area contributed by atoms with Gasteiger partial charge in [0.2, 0.25) is 10.0 Å². The lowest BCUT2D eigenvalue weighted by molar-refractivity contribution is -0.134. The van der Waals surface area contributed by atoms with Gasteiger partial charge in [-0.15, -0.1) is 0 Å². The number of hydrogen-bond donors (Lipinski definition) is 0. The van der Waals surface area contributed by atoms with Crippen LogP contribution in [-0.4, -0.2) is 62.9 Å². The topological polar surface area (TPSA) is 76.2 Å². The van der Waals surface area contributed by atoms with Crippen molar-refractivity contribution in [3.8, 4) is 11.5 Å². The van der Waals surface area contributed by atoms with E-state index in [-0.39, 0.29) is 43.6 Å². The largest absolute Gasteiger partial charge is 0.490 e. The first-order chi connectivity index (χ1) is 13.9. The Kier molecular flexibility index (Phi) is 6.71. The van der Waals surface area contributed by atoms with Gasteiger partial charge in [0, 0.05) is 26.2 Å². The Morgan fingerprint density at radius 3 is 2.14 bits per heavy atom. The zero-order valence-corrected chi connectivity index (χ0v) is 16.9. The van der Waals surface area contributed by atoms with Crippen LogP contribution in [0.15, 0.2) is 53.4 Å². The Morgan fingerprint density at radius 2 is 1.55 bits per heavy atom. The van der Waals surface area contributed by atoms with Crippen LogP contribution in [0.25, 0.3) is 0 Å². The van der Waals surface area contributed by atoms with Crippen molar-refractivity contribution < 1.29 is 27.1 Å². The Hall–Kier alpha value is -2.65. The summed E-state index contributed by atoms with van der Waals surface area (Å²) >= 11 is 0. The summed E-state index contributed by atoms with van der Waals surface area (Å²) in [6.07, 6.45) is 0. The van der Waals surface area contributed by atoms with Crippen LogP contribution in [0.1, 0.15) is 6.92 Å². The van der Waals surface area contributed by atoms with E-state index >= 15 is 0 Å². The second-order valence-electron chi connectivity index (χ2n) is 6.41. The molecule has 0 atom stereocenters. The highest BCUT2D eigenvalue weighted by Crippen LogP contribution is 2.26. The number of carbonyl (C=O) groups excluding carboxylic acids is 1. The van der Waals surface area contributed by atoms with Crippen molar-refractivity contribution >= 4 is 15.9 Å². The Bertz CT molecular complexity index is 942. The third kappa shape index (κ3) is 5.04. The summed E-state index contributed by atoms with van der Waals surface area (Å²) in [5.74, 6) is 0.332. The number of sulfonamides is 1. The summed E-state index contributed by atoms with van der Waals surface area (Å²) < 4.78 is 50.7. The third-order valence-electron chi connectivity index (χ3n) is 4.54. The average Bonchev–Trinajstić information content (AvgIpc) is 2.73. The molecule has 1 fully saturated rings. The van der Waals surface area contributed by atoms with Gasteiger partial charge in [0.25, 0.3) is 5.91 Å². The van der Waals surface area contributed by atoms with E-state index in [9.17, 15) is 17.6 Å². The van der Waals surface area contributed by atoms with E-state index in [1.54, 1.807) is 23.1 Å². The standard InChI is InChI=1S/C20H23FN2O5S/c1-2-27-18-5-3-4-6-19(18)28-15-20(24)22-11-13-23(14-12-22)29(25,26)17-9-7-16(21)8-10-17/h3-10H,2,11-15H2,1H3. The normalized spacial score (nSPS) is 15.2. The van der Waals surface area contributed by atoms with Gasteiger partial charge in [0.15, 0.2) is 18.1 Å². The lowest BCUT2D eigenvalue weighted by atomic mass is 10.3. The van der Waals surface area contributed by atoms with E-state index in [4.69, 9.17) is 9.47 Å². The van der Waals surface area contributed by atoms with Crippen molar-refractivity contribution in [2.75, 3.05) is 39.4 Å². The fourth-order valence-electron chi connectivity index (χ4n) is 3.01. The molecule has 0 spiro atoms. The third-order valence-corrected chi connectivity index (χ3v) is 6.46. The highest BCUT2D eigenvalue weighted by Gasteiger charge is 2.30. The first kappa shape index (κ1) is 21.1. The minimum absolute atomic E-state index is 0.0366. The Labute approximate surface area is 169 Å². The SMILES string of the molecule is CCOc1ccccc1OCC(=O)N1CCN(S(=O)(=O)c2ccc(F)cc2)CC1. The molecule has 0 unspecified atom stereocenters. The quantitative estimate of drug-likeness (QED) is 0.683. The van der Waals surface area contributed by atoms with Crippen molar-refractivity contribution in [3.05, 3.63) is 54.3 Å². The van der Waals surface area contributed by atoms with E-state index < -0.39 is 15.8 Å². The number of piperazine rings is 1. The van der Waals surface area contributed by atoms with E-state index in [0.29, 0.717) is 18.1 Å². The second-order valence-corrected chi connectivity index (χ2v) is 8.35. The molecule has 0 aliphatic carbocycles. The molecular weight excluding hydrogens is 399 g/mol. The summed E-state index contributed by atoms with van der Waals surface area (Å²) in [7, 11) is -3.71. The van der Waals surface area contributed by atoms with Crippen LogP contribution < -0.4 is 9.47 Å². The number of carbonyl (C=O) groups is 1. The molecule has 2 aromatic rings. The molecule has 0 bridgehead atoms. The molecule has 1 aliphatic rings. The molecule has 2 aromatic carbocycles. The average molecular weight is 422 g/mol. The van der Waals surface area contributed by atoms with E-state index in [1.165, 1.54) is 16.4 Å². The molecule has 1 saturated heterocycles. The summed E-state index contributed by atoms with van der Waals surface area (Å²) in [4.78, 5) is 14.1. The fraction of sp³-hybridized carbons (Fsp3) is 0.350. The number of halogens is 1. The number of benzene rings is 2. The van der Waals surface area contributed by atoms with Gasteiger partial charge < -0.3 is 14.4 Å². The minimum Gasteiger partial charge on any atom is -0.490 e. The van der Waals surface area contributed by atoms with Crippen molar-refractivity contribution in [1.29, 1.82) is 0 Å². The maximum Gasteiger partial charge on any atom is 0.260 e. The molecular formula is C20H23FN2O5S. The van der Waals surface area contributed by atoms with Crippen molar-refractivity contribution in [2.24, 2.45) is 0 Å². The molecule has 1 heterocycles. The van der Waals surface area contributed by atoms with Crippen molar-refractivity contribution in [2.45, 2.75) is 11.8 Å². The highest BCUT2D eigenvalue weighted by molar-refractivity contribution is 7.89. The lowest BCUT2D eigenvalue weighted by Gasteiger charge is -2.34. The summed E-state index contributed by atoms with van der Waals surface area (Å²) in [6, 6.07) is 11.8. The van der Waals surface area contributed by atoms with Crippen LogP contribution in [-0.2, 0) is 14.8 Å². The predicted octanol–water partition coefficient (Wildman–Crippen LogP) is 2.14. The van der Waals surface area contributed by atoms with Crippen LogP contribution in [0.2, 0.25) is 0 Å². The molecule has 0 N–H and O–H groups in total. The molecule has 0 saturated carbocycles. The number of nitrogens with zero attached hydrogens (tertiary/aromatic N) is 2. The summed E-state index contributed by atoms with van der Waals surface area (Å²) in [5.41, 5.74) is 0. The van der Waals surface area contributed by atoms with E-state index in [0.717, 1.165) is 12.1 Å². The maximum absolute atomic E-state index is 13.0. The fourth-order valence-corrected chi connectivity index (χ4v) is 4.43. The Morgan fingerprint density at radius 1 is 0.966 bits per heavy atom. The smallest absolute Gasteiger partial charge is 0.260 e. The molecule has 0 radical (unpaired) electrons. The molecule has 1 amide bonds. The van der Waals surface area contributed by atoms with Gasteiger partial charge in [0.05, 0.1) is 11.5 Å². The number of para-hydroxylation sites is 2. The monoisotopic (exact) mass is 422 g/mol. The lowest BCUT2D eigenvalue weighted by Crippen LogP contribution is -2.51. The number of ether oxygens (including phenoxy) is 2. The highest BCUT2D eigenvalue weighted by atomic mass is 32.2. The van der Waals surface area contributed by atoms with Crippen LogP contribution >= 0.6 is 0 Å². The summed E-state index contributed by atoms with van der Waals surface area (Å²) in [6.45, 7) is 3.04. The van der Waals surface area contributed by atoms with Gasteiger partial charge in [-0.25, -0.2) is 12.8 Å². The van der Waals surface area contributed by atoms with Gasteiger partial charge in [-0.1, -0.05) is 12.1 Å². The van der Waals surface area contributed by atoms with Gasteiger partial charge in [-0.2, -0.15) is 4.31 Å². The van der Waals surface area contributed by atoms with E-state index in [2.05, 4.69) is 0 Å². The van der Waals surface area contributed by atoms with Crippen LogP contribution in [0.4, 0.5) is 4.39 Å². The zero-order chi connectivity index (χ0) is 20.9. The van der Waals surface area contributed by atoms with Crippen molar-refractivity contribution in [3.63, 3.8) is 0 Å². The number of amides is 1. The molecule has 0 aromatic heterocycles. The van der Waals surface area contributed by atoms with E-state index in [1.807, 2.05) is 13.0 Å². The van der Waals surface area contributed by atoms with Crippen LogP contribution in [0, 0.1) is 5.82 Å². The molecule has 9 heteroatoms. The zero-order valence-electron chi connectivity index (χ0n) is 16.1. The van der Waals surface area contributed by atoms with Crippen LogP contribution in [0.5, 0.6) is 11.5 Å². The number of rotatable bonds is 7. The first-order valence-electron chi connectivity index (χ1n) is 9.30. The molecule has 1 aliphatic heterocycles. The van der Waals surface area contributed by atoms with Gasteiger partial charge in [-0.05, 0) is 43.3 Å².